The molecule has 0 spiro atoms. The van der Waals surface area contributed by atoms with Gasteiger partial charge in [0, 0.05) is 23.4 Å². The molecule has 0 aromatic heterocycles. The lowest BCUT2D eigenvalue weighted by Gasteiger charge is -2.12. The van der Waals surface area contributed by atoms with Crippen LogP contribution in [0, 0.1) is 0 Å². The number of ether oxygens (including phenoxy) is 1. The normalized spacial score (nSPS) is 10.4. The van der Waals surface area contributed by atoms with Gasteiger partial charge in [0.25, 0.3) is 5.91 Å². The van der Waals surface area contributed by atoms with Gasteiger partial charge in [-0.25, -0.2) is 0 Å². The maximum Gasteiger partial charge on any atom is 0.257 e. The molecule has 0 radical (unpaired) electrons. The summed E-state index contributed by atoms with van der Waals surface area (Å²) in [5.74, 6) is 0.425. The van der Waals surface area contributed by atoms with Gasteiger partial charge in [-0.05, 0) is 75.9 Å². The number of rotatable bonds is 8. The Morgan fingerprint density at radius 3 is 2.45 bits per heavy atom. The van der Waals surface area contributed by atoms with Crippen molar-refractivity contribution in [2.45, 2.75) is 17.9 Å². The third-order valence-corrected chi connectivity index (χ3v) is 6.13. The Kier molecular flexibility index (Phi) is 8.94. The van der Waals surface area contributed by atoms with Crippen LogP contribution in [0.25, 0.3) is 0 Å². The molecule has 0 fully saturated rings. The summed E-state index contributed by atoms with van der Waals surface area (Å²) in [6.45, 7) is 1.10. The van der Waals surface area contributed by atoms with Crippen LogP contribution in [-0.4, -0.2) is 23.9 Å². The molecule has 0 heterocycles. The minimum Gasteiger partial charge on any atom is -0.492 e. The van der Waals surface area contributed by atoms with E-state index >= 15 is 0 Å². The van der Waals surface area contributed by atoms with E-state index in [0.717, 1.165) is 16.5 Å². The van der Waals surface area contributed by atoms with Crippen molar-refractivity contribution in [3.05, 3.63) is 94.0 Å². The molecular weight excluding hydrogens is 492 g/mol. The number of nitrogens with one attached hydrogen (secondary N) is 2. The number of carbonyl (C=O) groups excluding carboxylic acids is 1. The van der Waals surface area contributed by atoms with Crippen molar-refractivity contribution in [3.63, 3.8) is 0 Å². The van der Waals surface area contributed by atoms with Crippen molar-refractivity contribution in [1.82, 2.24) is 10.6 Å². The number of thiocarbonyl (C=S) groups is 1. The first-order chi connectivity index (χ1) is 15.0. The van der Waals surface area contributed by atoms with E-state index in [4.69, 9.17) is 17.0 Å². The molecule has 31 heavy (non-hydrogen) atoms. The maximum absolute atomic E-state index is 12.5. The summed E-state index contributed by atoms with van der Waals surface area (Å²) in [7, 11) is 0. The molecular formula is C24H23BrN2O2S2. The van der Waals surface area contributed by atoms with Gasteiger partial charge < -0.3 is 10.1 Å². The van der Waals surface area contributed by atoms with Gasteiger partial charge in [0.1, 0.15) is 5.75 Å². The van der Waals surface area contributed by atoms with E-state index in [1.807, 2.05) is 36.6 Å². The second-order valence-corrected chi connectivity index (χ2v) is 8.86. The second-order valence-electron chi connectivity index (χ2n) is 6.71. The zero-order valence-corrected chi connectivity index (χ0v) is 20.3. The highest BCUT2D eigenvalue weighted by atomic mass is 79.9. The summed E-state index contributed by atoms with van der Waals surface area (Å²) in [6, 6.07) is 23.6. The van der Waals surface area contributed by atoms with Gasteiger partial charge in [-0.2, -0.15) is 0 Å². The SMILES string of the molecule is CSc1ccc(CNC(=S)NC(=O)c2ccc(OCCc3ccccc3)c(Br)c2)cc1. The predicted molar refractivity (Wildman–Crippen MR) is 135 cm³/mol. The number of halogens is 1. The van der Waals surface area contributed by atoms with Crippen molar-refractivity contribution in [2.24, 2.45) is 0 Å². The highest BCUT2D eigenvalue weighted by molar-refractivity contribution is 9.10. The molecule has 1 amide bonds. The van der Waals surface area contributed by atoms with Crippen molar-refractivity contribution in [3.8, 4) is 5.75 Å². The first-order valence-electron chi connectivity index (χ1n) is 9.73. The van der Waals surface area contributed by atoms with Gasteiger partial charge in [0.2, 0.25) is 0 Å². The molecule has 0 aliphatic carbocycles. The van der Waals surface area contributed by atoms with Crippen LogP contribution in [0.1, 0.15) is 21.5 Å². The molecule has 0 atom stereocenters. The summed E-state index contributed by atoms with van der Waals surface area (Å²) in [6.07, 6.45) is 2.86. The Labute approximate surface area is 200 Å². The molecule has 160 valence electrons. The van der Waals surface area contributed by atoms with Crippen LogP contribution in [-0.2, 0) is 13.0 Å². The van der Waals surface area contributed by atoms with Crippen LogP contribution < -0.4 is 15.4 Å². The van der Waals surface area contributed by atoms with E-state index in [-0.39, 0.29) is 5.91 Å². The third kappa shape index (κ3) is 7.38. The number of carbonyl (C=O) groups is 1. The summed E-state index contributed by atoms with van der Waals surface area (Å²) >= 11 is 10.4. The Hall–Kier alpha value is -2.35. The minimum atomic E-state index is -0.272. The Balaban J connectivity index is 1.47. The Morgan fingerprint density at radius 2 is 1.77 bits per heavy atom. The Bertz CT molecular complexity index is 1030. The lowest BCUT2D eigenvalue weighted by atomic mass is 10.2. The molecule has 0 saturated heterocycles. The van der Waals surface area contributed by atoms with Gasteiger partial charge in [-0.15, -0.1) is 11.8 Å². The lowest BCUT2D eigenvalue weighted by molar-refractivity contribution is 0.0976. The molecule has 0 aliphatic rings. The first kappa shape index (κ1) is 23.3. The molecule has 3 aromatic carbocycles. The maximum atomic E-state index is 12.5. The number of thioether (sulfide) groups is 1. The number of hydrogen-bond donors (Lipinski definition) is 2. The average Bonchev–Trinajstić information content (AvgIpc) is 2.79. The number of hydrogen-bond acceptors (Lipinski definition) is 4. The van der Waals surface area contributed by atoms with Crippen molar-refractivity contribution in [2.75, 3.05) is 12.9 Å². The lowest BCUT2D eigenvalue weighted by Crippen LogP contribution is -2.38. The van der Waals surface area contributed by atoms with Gasteiger partial charge in [0.15, 0.2) is 5.11 Å². The smallest absolute Gasteiger partial charge is 0.257 e. The van der Waals surface area contributed by atoms with Crippen LogP contribution in [0.15, 0.2) is 82.2 Å². The minimum absolute atomic E-state index is 0.272. The van der Waals surface area contributed by atoms with Crippen LogP contribution in [0.3, 0.4) is 0 Å². The molecule has 3 aromatic rings. The first-order valence-corrected chi connectivity index (χ1v) is 12.2. The number of benzene rings is 3. The van der Waals surface area contributed by atoms with Crippen LogP contribution in [0.4, 0.5) is 0 Å². The summed E-state index contributed by atoms with van der Waals surface area (Å²) in [4.78, 5) is 13.7. The van der Waals surface area contributed by atoms with E-state index in [0.29, 0.717) is 29.6 Å². The molecule has 0 bridgehead atoms. The summed E-state index contributed by atoms with van der Waals surface area (Å²) in [5, 5.41) is 6.07. The highest BCUT2D eigenvalue weighted by Gasteiger charge is 2.11. The zero-order valence-electron chi connectivity index (χ0n) is 17.1. The van der Waals surface area contributed by atoms with Crippen LogP contribution >= 0.6 is 39.9 Å². The molecule has 0 aliphatic heterocycles. The van der Waals surface area contributed by atoms with Crippen molar-refractivity contribution >= 4 is 50.9 Å². The zero-order chi connectivity index (χ0) is 22.1. The summed E-state index contributed by atoms with van der Waals surface area (Å²) < 4.78 is 6.57. The third-order valence-electron chi connectivity index (χ3n) is 4.52. The van der Waals surface area contributed by atoms with Crippen LogP contribution in [0.2, 0.25) is 0 Å². The molecule has 0 unspecified atom stereocenters. The van der Waals surface area contributed by atoms with Crippen molar-refractivity contribution in [1.29, 1.82) is 0 Å². The monoisotopic (exact) mass is 514 g/mol. The van der Waals surface area contributed by atoms with Crippen molar-refractivity contribution < 1.29 is 9.53 Å². The largest absolute Gasteiger partial charge is 0.492 e. The van der Waals surface area contributed by atoms with E-state index in [2.05, 4.69) is 50.8 Å². The molecule has 3 rings (SSSR count). The van der Waals surface area contributed by atoms with Gasteiger partial charge in [0.05, 0.1) is 11.1 Å². The highest BCUT2D eigenvalue weighted by Crippen LogP contribution is 2.26. The fraction of sp³-hybridized carbons (Fsp3) is 0.167. The van der Waals surface area contributed by atoms with E-state index in [1.54, 1.807) is 30.0 Å². The topological polar surface area (TPSA) is 50.4 Å². The molecule has 7 heteroatoms. The Morgan fingerprint density at radius 1 is 1.03 bits per heavy atom. The van der Waals surface area contributed by atoms with Gasteiger partial charge in [-0.3, -0.25) is 10.1 Å². The van der Waals surface area contributed by atoms with Gasteiger partial charge in [-0.1, -0.05) is 42.5 Å². The van der Waals surface area contributed by atoms with E-state index in [1.165, 1.54) is 10.5 Å². The summed E-state index contributed by atoms with van der Waals surface area (Å²) in [5.41, 5.74) is 2.81. The molecule has 2 N–H and O–H groups in total. The quantitative estimate of drug-likeness (QED) is 0.302. The van der Waals surface area contributed by atoms with E-state index < -0.39 is 0 Å². The number of amides is 1. The van der Waals surface area contributed by atoms with Gasteiger partial charge >= 0.3 is 0 Å². The molecule has 0 saturated carbocycles. The standard InChI is InChI=1S/C24H23BrN2O2S2/c1-31-20-10-7-18(8-11-20)16-26-24(30)27-23(28)19-9-12-22(21(25)15-19)29-14-13-17-5-3-2-4-6-17/h2-12,15H,13-14,16H2,1H3,(H2,26,27,28,30). The van der Waals surface area contributed by atoms with Crippen LogP contribution in [0.5, 0.6) is 5.75 Å². The molecule has 4 nitrogen and oxygen atoms in total. The van der Waals surface area contributed by atoms with E-state index in [9.17, 15) is 4.79 Å². The average molecular weight is 515 g/mol. The predicted octanol–water partition coefficient (Wildman–Crippen LogP) is 5.60. The fourth-order valence-electron chi connectivity index (χ4n) is 2.83. The second kappa shape index (κ2) is 11.9. The fourth-order valence-corrected chi connectivity index (χ4v) is 3.89.